The van der Waals surface area contributed by atoms with E-state index < -0.39 is 49.3 Å². The summed E-state index contributed by atoms with van der Waals surface area (Å²) in [4.78, 5) is 0. The number of aliphatic hydroxyl groups is 5. The van der Waals surface area contributed by atoms with Crippen molar-refractivity contribution < 1.29 is 54.3 Å². The molecule has 0 amide bonds. The minimum absolute atomic E-state index is 0.00162. The van der Waals surface area contributed by atoms with Crippen LogP contribution in [0.4, 0.5) is 0 Å². The number of rotatable bonds is 9. The Morgan fingerprint density at radius 2 is 1.68 bits per heavy atom. The third kappa shape index (κ3) is 5.39. The van der Waals surface area contributed by atoms with Crippen molar-refractivity contribution in [3.63, 3.8) is 0 Å². The zero-order valence-electron chi connectivity index (χ0n) is 20.4. The van der Waals surface area contributed by atoms with E-state index >= 15 is 0 Å². The summed E-state index contributed by atoms with van der Waals surface area (Å²) in [6.45, 7) is -0.739. The van der Waals surface area contributed by atoms with E-state index in [2.05, 4.69) is 0 Å². The first-order chi connectivity index (χ1) is 17.8. The first-order valence-corrected chi connectivity index (χ1v) is 11.8. The maximum absolute atomic E-state index is 10.2. The molecule has 4 rings (SSSR count). The number of methoxy groups -OCH3 is 2. The van der Waals surface area contributed by atoms with Gasteiger partial charge in [0.2, 0.25) is 0 Å². The van der Waals surface area contributed by atoms with Gasteiger partial charge in [0.15, 0.2) is 29.3 Å². The average Bonchev–Trinajstić information content (AvgIpc) is 3.29. The molecule has 2 aromatic carbocycles. The van der Waals surface area contributed by atoms with Gasteiger partial charge < -0.3 is 54.3 Å². The summed E-state index contributed by atoms with van der Waals surface area (Å²) in [5, 5.41) is 59.3. The van der Waals surface area contributed by atoms with E-state index in [4.69, 9.17) is 23.7 Å². The standard InChI is InChI=1S/C26H32O11/c1-33-18-10-14(5-6-17(18)29)24-16(11-27)15-8-13(9-19(34-2)25(15)37-24)4-3-7-35-26-23(32)22(31)21(30)20(12-28)36-26/h3-6,8-10,16,20-24,26-32H,7,11-12H2,1-2H3/b4-3+/t16?,20-,21-,22+,23-,24?,26-/m1/s1. The Morgan fingerprint density at radius 3 is 2.35 bits per heavy atom. The van der Waals surface area contributed by atoms with Crippen LogP contribution in [0.3, 0.4) is 0 Å². The molecule has 0 spiro atoms. The van der Waals surface area contributed by atoms with Crippen LogP contribution >= 0.6 is 0 Å². The van der Waals surface area contributed by atoms with Crippen LogP contribution in [0.1, 0.15) is 28.7 Å². The number of benzene rings is 2. The molecule has 6 N–H and O–H groups in total. The maximum Gasteiger partial charge on any atom is 0.187 e. The normalized spacial score (nSPS) is 29.2. The molecule has 2 heterocycles. The molecule has 2 aliphatic heterocycles. The molecule has 7 atom stereocenters. The molecule has 0 saturated carbocycles. The van der Waals surface area contributed by atoms with E-state index in [-0.39, 0.29) is 19.0 Å². The molecule has 1 fully saturated rings. The van der Waals surface area contributed by atoms with Crippen LogP contribution < -0.4 is 14.2 Å². The lowest BCUT2D eigenvalue weighted by molar-refractivity contribution is -0.298. The number of hydrogen-bond donors (Lipinski definition) is 6. The molecule has 11 nitrogen and oxygen atoms in total. The van der Waals surface area contributed by atoms with Crippen molar-refractivity contribution in [1.29, 1.82) is 0 Å². The zero-order chi connectivity index (χ0) is 26.7. The number of aromatic hydroxyl groups is 1. The monoisotopic (exact) mass is 520 g/mol. The van der Waals surface area contributed by atoms with Crippen LogP contribution in [0.15, 0.2) is 36.4 Å². The average molecular weight is 521 g/mol. The summed E-state index contributed by atoms with van der Waals surface area (Å²) in [6, 6.07) is 8.51. The molecule has 0 aliphatic carbocycles. The predicted molar refractivity (Wildman–Crippen MR) is 130 cm³/mol. The minimum atomic E-state index is -1.52. The van der Waals surface area contributed by atoms with Gasteiger partial charge in [0.05, 0.1) is 40.0 Å². The number of phenols is 1. The smallest absolute Gasteiger partial charge is 0.187 e. The summed E-state index contributed by atoms with van der Waals surface area (Å²) >= 11 is 0. The van der Waals surface area contributed by atoms with E-state index in [9.17, 15) is 30.6 Å². The van der Waals surface area contributed by atoms with Crippen LogP contribution in [0.2, 0.25) is 0 Å². The van der Waals surface area contributed by atoms with Gasteiger partial charge in [-0.2, -0.15) is 0 Å². The second kappa shape index (κ2) is 11.7. The molecule has 1 saturated heterocycles. The summed E-state index contributed by atoms with van der Waals surface area (Å²) in [5.74, 6) is 0.867. The minimum Gasteiger partial charge on any atom is -0.504 e. The summed E-state index contributed by atoms with van der Waals surface area (Å²) in [7, 11) is 2.97. The molecular formula is C26H32O11. The van der Waals surface area contributed by atoms with Gasteiger partial charge in [0.25, 0.3) is 0 Å². The molecule has 2 unspecified atom stereocenters. The first-order valence-electron chi connectivity index (χ1n) is 11.8. The van der Waals surface area contributed by atoms with Crippen LogP contribution in [0, 0.1) is 0 Å². The lowest BCUT2D eigenvalue weighted by Gasteiger charge is -2.39. The van der Waals surface area contributed by atoms with Crippen molar-refractivity contribution in [3.8, 4) is 23.0 Å². The second-order valence-electron chi connectivity index (χ2n) is 8.83. The van der Waals surface area contributed by atoms with E-state index in [0.717, 1.165) is 16.7 Å². The molecule has 0 aromatic heterocycles. The number of fused-ring (bicyclic) bond motifs is 1. The molecular weight excluding hydrogens is 488 g/mol. The fourth-order valence-corrected chi connectivity index (χ4v) is 4.57. The van der Waals surface area contributed by atoms with E-state index in [1.54, 1.807) is 30.4 Å². The zero-order valence-corrected chi connectivity index (χ0v) is 20.4. The molecule has 202 valence electrons. The Kier molecular flexibility index (Phi) is 8.55. The lowest BCUT2D eigenvalue weighted by Crippen LogP contribution is -2.59. The number of aliphatic hydroxyl groups excluding tert-OH is 5. The van der Waals surface area contributed by atoms with Gasteiger partial charge >= 0.3 is 0 Å². The maximum atomic E-state index is 10.2. The van der Waals surface area contributed by atoms with E-state index in [0.29, 0.717) is 17.2 Å². The third-order valence-electron chi connectivity index (χ3n) is 6.58. The Bertz CT molecular complexity index is 1100. The molecule has 2 aromatic rings. The topological polar surface area (TPSA) is 168 Å². The number of ether oxygens (including phenoxy) is 5. The van der Waals surface area contributed by atoms with Crippen LogP contribution in [0.25, 0.3) is 6.08 Å². The van der Waals surface area contributed by atoms with Gasteiger partial charge in [-0.1, -0.05) is 18.2 Å². The molecule has 11 heteroatoms. The molecule has 0 bridgehead atoms. The number of hydrogen-bond acceptors (Lipinski definition) is 11. The molecule has 37 heavy (non-hydrogen) atoms. The summed E-state index contributed by atoms with van der Waals surface area (Å²) in [6.07, 6.45) is -3.86. The van der Waals surface area contributed by atoms with E-state index in [1.807, 2.05) is 6.07 Å². The van der Waals surface area contributed by atoms with Gasteiger partial charge in [0, 0.05) is 5.56 Å². The Hall–Kier alpha value is -2.90. The first kappa shape index (κ1) is 27.1. The summed E-state index contributed by atoms with van der Waals surface area (Å²) < 4.78 is 27.8. The molecule has 0 radical (unpaired) electrons. The fourth-order valence-electron chi connectivity index (χ4n) is 4.57. The lowest BCUT2D eigenvalue weighted by atomic mass is 9.90. The van der Waals surface area contributed by atoms with Gasteiger partial charge in [0.1, 0.15) is 30.5 Å². The van der Waals surface area contributed by atoms with Crippen molar-refractivity contribution in [2.24, 2.45) is 0 Å². The highest BCUT2D eigenvalue weighted by molar-refractivity contribution is 5.62. The quantitative estimate of drug-likeness (QED) is 0.272. The highest BCUT2D eigenvalue weighted by atomic mass is 16.7. The fraction of sp³-hybridized carbons (Fsp3) is 0.462. The summed E-state index contributed by atoms with van der Waals surface area (Å²) in [5.41, 5.74) is 2.20. The largest absolute Gasteiger partial charge is 0.504 e. The van der Waals surface area contributed by atoms with Crippen molar-refractivity contribution in [1.82, 2.24) is 0 Å². The number of phenolic OH excluding ortho intramolecular Hbond substituents is 1. The molecule has 2 aliphatic rings. The van der Waals surface area contributed by atoms with Gasteiger partial charge in [-0.25, -0.2) is 0 Å². The van der Waals surface area contributed by atoms with Gasteiger partial charge in [-0.05, 0) is 35.4 Å². The Morgan fingerprint density at radius 1 is 0.919 bits per heavy atom. The highest BCUT2D eigenvalue weighted by Gasteiger charge is 2.44. The van der Waals surface area contributed by atoms with Crippen LogP contribution in [-0.2, 0) is 9.47 Å². The third-order valence-corrected chi connectivity index (χ3v) is 6.58. The Balaban J connectivity index is 1.50. The SMILES string of the molecule is COc1cc(C2Oc3c(OC)cc(/C=C/CO[C@@H]4O[C@H](CO)[C@@H](O)[C@H](O)[C@H]4O)cc3C2CO)ccc1O. The van der Waals surface area contributed by atoms with Crippen molar-refractivity contribution in [2.45, 2.75) is 42.7 Å². The van der Waals surface area contributed by atoms with Crippen LogP contribution in [-0.4, -0.2) is 95.4 Å². The van der Waals surface area contributed by atoms with Crippen molar-refractivity contribution in [2.75, 3.05) is 34.0 Å². The van der Waals surface area contributed by atoms with Crippen LogP contribution in [0.5, 0.6) is 23.0 Å². The van der Waals surface area contributed by atoms with Crippen molar-refractivity contribution >= 4 is 6.08 Å². The second-order valence-corrected chi connectivity index (χ2v) is 8.83. The highest BCUT2D eigenvalue weighted by Crippen LogP contribution is 2.51. The van der Waals surface area contributed by atoms with Gasteiger partial charge in [-0.15, -0.1) is 0 Å². The van der Waals surface area contributed by atoms with Gasteiger partial charge in [-0.3, -0.25) is 0 Å². The van der Waals surface area contributed by atoms with Crippen molar-refractivity contribution in [3.05, 3.63) is 53.1 Å². The Labute approximate surface area is 213 Å². The predicted octanol–water partition coefficient (Wildman–Crippen LogP) is 0.449. The van der Waals surface area contributed by atoms with E-state index in [1.165, 1.54) is 20.3 Å².